The minimum absolute atomic E-state index is 0.361. The molecule has 2 aromatic rings. The molecule has 0 N–H and O–H groups in total. The highest BCUT2D eigenvalue weighted by Crippen LogP contribution is 2.28. The predicted molar refractivity (Wildman–Crippen MR) is 128 cm³/mol. The third kappa shape index (κ3) is 15.0. The Labute approximate surface area is 200 Å². The highest BCUT2D eigenvalue weighted by atomic mass is 35.5. The Kier molecular flexibility index (Phi) is 17.6. The lowest BCUT2D eigenvalue weighted by Crippen LogP contribution is -1.98. The van der Waals surface area contributed by atoms with Crippen molar-refractivity contribution in [2.24, 2.45) is 5.92 Å². The van der Waals surface area contributed by atoms with Crippen LogP contribution < -0.4 is 0 Å². The molecule has 3 nitrogen and oxygen atoms in total. The summed E-state index contributed by atoms with van der Waals surface area (Å²) in [6.07, 6.45) is 15.2. The van der Waals surface area contributed by atoms with Gasteiger partial charge in [0.1, 0.15) is 17.2 Å². The number of hydrogen-bond donors (Lipinski definition) is 0. The lowest BCUT2D eigenvalue weighted by atomic mass is 10.0. The van der Waals surface area contributed by atoms with E-state index in [1.807, 2.05) is 12.3 Å². The summed E-state index contributed by atoms with van der Waals surface area (Å²) < 4.78 is 25.1. The molecule has 32 heavy (non-hydrogen) atoms. The van der Waals surface area contributed by atoms with Crippen LogP contribution in [0.15, 0.2) is 42.7 Å². The SMILES string of the molecule is CC(=O)Cl.CCCCC1CCCC1.CCc1cccnc1.O=C(Cl)c1c(F)cccc1F. The van der Waals surface area contributed by atoms with Gasteiger partial charge in [-0.1, -0.05) is 70.9 Å². The molecular weight excluding hydrogens is 455 g/mol. The molecule has 0 atom stereocenters. The van der Waals surface area contributed by atoms with Crippen molar-refractivity contribution < 1.29 is 18.4 Å². The number of nitrogens with zero attached hydrogens (tertiary/aromatic N) is 1. The molecule has 0 unspecified atom stereocenters. The molecule has 1 aliphatic rings. The summed E-state index contributed by atoms with van der Waals surface area (Å²) in [5.74, 6) is -0.764. The van der Waals surface area contributed by atoms with Crippen molar-refractivity contribution >= 4 is 33.7 Å². The molecule has 1 aliphatic carbocycles. The number of aromatic nitrogens is 1. The van der Waals surface area contributed by atoms with Gasteiger partial charge in [0.15, 0.2) is 0 Å². The second kappa shape index (κ2) is 18.7. The van der Waals surface area contributed by atoms with E-state index in [-0.39, 0.29) is 5.24 Å². The van der Waals surface area contributed by atoms with Crippen LogP contribution in [-0.4, -0.2) is 15.5 Å². The van der Waals surface area contributed by atoms with Crippen molar-refractivity contribution in [3.8, 4) is 0 Å². The molecule has 1 aromatic heterocycles. The minimum Gasteiger partial charge on any atom is -0.282 e. The van der Waals surface area contributed by atoms with Crippen molar-refractivity contribution in [2.75, 3.05) is 0 Å². The maximum Gasteiger partial charge on any atom is 0.258 e. The van der Waals surface area contributed by atoms with Crippen molar-refractivity contribution in [2.45, 2.75) is 72.1 Å². The smallest absolute Gasteiger partial charge is 0.258 e. The normalized spacial score (nSPS) is 12.3. The summed E-state index contributed by atoms with van der Waals surface area (Å²) in [5.41, 5.74) is 0.599. The molecule has 178 valence electrons. The van der Waals surface area contributed by atoms with E-state index in [9.17, 15) is 18.4 Å². The van der Waals surface area contributed by atoms with Crippen LogP contribution in [0.25, 0.3) is 0 Å². The zero-order chi connectivity index (χ0) is 24.4. The standard InChI is InChI=1S/C9H18.C7H3ClF2O.C7H9N.C2H3ClO/c1-2-3-6-9-7-4-5-8-9;8-7(11)6-4(9)2-1-3-5(6)10;1-2-7-4-3-5-8-6-7;1-2(3)4/h9H,2-8H2,1H3;1-3H;3-6H,2H2,1H3;1H3. The van der Waals surface area contributed by atoms with Gasteiger partial charge in [0.25, 0.3) is 5.24 Å². The third-order valence-corrected chi connectivity index (χ3v) is 4.92. The molecule has 0 bridgehead atoms. The molecule has 1 fully saturated rings. The van der Waals surface area contributed by atoms with E-state index in [2.05, 4.69) is 36.5 Å². The Balaban J connectivity index is 0.000000420. The van der Waals surface area contributed by atoms with E-state index < -0.39 is 22.4 Å². The Morgan fingerprint density at radius 3 is 1.94 bits per heavy atom. The molecule has 0 radical (unpaired) electrons. The van der Waals surface area contributed by atoms with Crippen LogP contribution in [-0.2, 0) is 11.2 Å². The van der Waals surface area contributed by atoms with E-state index >= 15 is 0 Å². The van der Waals surface area contributed by atoms with Crippen LogP contribution in [0.5, 0.6) is 0 Å². The molecule has 0 amide bonds. The maximum absolute atomic E-state index is 12.6. The molecule has 1 saturated carbocycles. The number of rotatable bonds is 5. The van der Waals surface area contributed by atoms with Crippen LogP contribution in [0.4, 0.5) is 8.78 Å². The van der Waals surface area contributed by atoms with Gasteiger partial charge in [0.2, 0.25) is 5.24 Å². The number of carbonyl (C=O) groups is 2. The topological polar surface area (TPSA) is 47.0 Å². The Hall–Kier alpha value is -1.85. The first-order valence-electron chi connectivity index (χ1n) is 10.9. The molecule has 3 rings (SSSR count). The van der Waals surface area contributed by atoms with Gasteiger partial charge >= 0.3 is 0 Å². The first-order chi connectivity index (χ1) is 15.2. The summed E-state index contributed by atoms with van der Waals surface area (Å²) in [6.45, 7) is 5.70. The summed E-state index contributed by atoms with van der Waals surface area (Å²) in [6, 6.07) is 7.14. The van der Waals surface area contributed by atoms with Gasteiger partial charge in [-0.3, -0.25) is 14.6 Å². The fraction of sp³-hybridized carbons (Fsp3) is 0.480. The average Bonchev–Trinajstić information content (AvgIpc) is 3.27. The van der Waals surface area contributed by atoms with Crippen LogP contribution in [0.2, 0.25) is 0 Å². The molecule has 1 aromatic carbocycles. The highest BCUT2D eigenvalue weighted by Gasteiger charge is 2.14. The number of benzene rings is 1. The van der Waals surface area contributed by atoms with E-state index in [1.54, 1.807) is 6.20 Å². The van der Waals surface area contributed by atoms with Crippen molar-refractivity contribution in [3.63, 3.8) is 0 Å². The molecule has 1 heterocycles. The Morgan fingerprint density at radius 1 is 1.03 bits per heavy atom. The minimum atomic E-state index is -1.12. The Bertz CT molecular complexity index is 759. The average molecular weight is 488 g/mol. The van der Waals surface area contributed by atoms with Crippen molar-refractivity contribution in [1.29, 1.82) is 0 Å². The zero-order valence-electron chi connectivity index (χ0n) is 19.1. The summed E-state index contributed by atoms with van der Waals surface area (Å²) >= 11 is 9.53. The second-order valence-corrected chi connectivity index (χ2v) is 8.22. The molecule has 0 saturated heterocycles. The number of halogens is 4. The Morgan fingerprint density at radius 2 is 1.59 bits per heavy atom. The van der Waals surface area contributed by atoms with Crippen LogP contribution in [0.3, 0.4) is 0 Å². The third-order valence-electron chi connectivity index (χ3n) is 4.73. The summed E-state index contributed by atoms with van der Waals surface area (Å²) in [7, 11) is 0. The van der Waals surface area contributed by atoms with Crippen LogP contribution in [0, 0.1) is 17.6 Å². The van der Waals surface area contributed by atoms with Crippen molar-refractivity contribution in [3.05, 3.63) is 65.5 Å². The number of carbonyl (C=O) groups excluding carboxylic acids is 2. The lowest BCUT2D eigenvalue weighted by molar-refractivity contribution is -0.109. The number of aryl methyl sites for hydroxylation is 1. The van der Waals surface area contributed by atoms with Crippen molar-refractivity contribution in [1.82, 2.24) is 4.98 Å². The maximum atomic E-state index is 12.6. The van der Waals surface area contributed by atoms with Gasteiger partial charge in [-0.2, -0.15) is 0 Å². The second-order valence-electron chi connectivity index (χ2n) is 7.35. The van der Waals surface area contributed by atoms with E-state index in [4.69, 9.17) is 11.6 Å². The van der Waals surface area contributed by atoms with E-state index in [1.165, 1.54) is 57.4 Å². The fourth-order valence-corrected chi connectivity index (χ4v) is 3.27. The van der Waals surface area contributed by atoms with Crippen LogP contribution in [0.1, 0.15) is 81.6 Å². The quantitative estimate of drug-likeness (QED) is 0.399. The highest BCUT2D eigenvalue weighted by molar-refractivity contribution is 6.67. The monoisotopic (exact) mass is 487 g/mol. The predicted octanol–water partition coefficient (Wildman–Crippen LogP) is 8.13. The molecule has 0 aliphatic heterocycles. The molecular formula is C25H33Cl2F2NO2. The molecule has 7 heteroatoms. The van der Waals surface area contributed by atoms with Gasteiger partial charge in [0, 0.05) is 19.3 Å². The van der Waals surface area contributed by atoms with Gasteiger partial charge in [-0.05, 0) is 59.3 Å². The van der Waals surface area contributed by atoms with Crippen LogP contribution >= 0.6 is 23.2 Å². The largest absolute Gasteiger partial charge is 0.282 e. The molecule has 0 spiro atoms. The summed E-state index contributed by atoms with van der Waals surface area (Å²) in [5, 5.41) is -1.49. The van der Waals surface area contributed by atoms with E-state index in [0.717, 1.165) is 30.5 Å². The first kappa shape index (κ1) is 30.1. The van der Waals surface area contributed by atoms with Gasteiger partial charge in [-0.25, -0.2) is 8.78 Å². The lowest BCUT2D eigenvalue weighted by Gasteiger charge is -2.05. The fourth-order valence-electron chi connectivity index (χ4n) is 3.08. The van der Waals surface area contributed by atoms with Gasteiger partial charge in [0.05, 0.1) is 0 Å². The van der Waals surface area contributed by atoms with Gasteiger partial charge < -0.3 is 0 Å². The first-order valence-corrected chi connectivity index (χ1v) is 11.7. The zero-order valence-corrected chi connectivity index (χ0v) is 20.6. The van der Waals surface area contributed by atoms with E-state index in [0.29, 0.717) is 0 Å². The summed E-state index contributed by atoms with van der Waals surface area (Å²) in [4.78, 5) is 23.5. The number of hydrogen-bond acceptors (Lipinski definition) is 3. The number of pyridine rings is 1. The number of unbranched alkanes of at least 4 members (excludes halogenated alkanes) is 1. The van der Waals surface area contributed by atoms with Gasteiger partial charge in [-0.15, -0.1) is 0 Å².